The number of ether oxygens (including phenoxy) is 1. The van der Waals surface area contributed by atoms with Crippen LogP contribution in [0.15, 0.2) is 42.5 Å². The summed E-state index contributed by atoms with van der Waals surface area (Å²) in [5, 5.41) is 7.57. The summed E-state index contributed by atoms with van der Waals surface area (Å²) in [5.74, 6) is -1.19. The van der Waals surface area contributed by atoms with Crippen molar-refractivity contribution in [1.82, 2.24) is 10.2 Å². The molecule has 0 aliphatic rings. The molecule has 2 aromatic carbocycles. The highest BCUT2D eigenvalue weighted by Gasteiger charge is 2.23. The van der Waals surface area contributed by atoms with Crippen molar-refractivity contribution in [2.24, 2.45) is 0 Å². The lowest BCUT2D eigenvalue weighted by molar-refractivity contribution is 0.0315. The molecule has 0 saturated carbocycles. The molecule has 0 saturated heterocycles. The lowest BCUT2D eigenvalue weighted by Gasteiger charge is -2.12. The molecule has 28 heavy (non-hydrogen) atoms. The molecule has 1 atom stereocenters. The normalized spacial score (nSPS) is 12.5. The maximum atomic E-state index is 12.5. The average molecular weight is 422 g/mol. The fraction of sp³-hybridized carbons (Fsp3) is 0.167. The van der Waals surface area contributed by atoms with Gasteiger partial charge in [0, 0.05) is 21.7 Å². The highest BCUT2D eigenvalue weighted by molar-refractivity contribution is 7.92. The molecule has 146 valence electrons. The van der Waals surface area contributed by atoms with E-state index in [1.807, 2.05) is 0 Å². The van der Waals surface area contributed by atoms with Crippen LogP contribution in [0.25, 0.3) is 10.9 Å². The minimum Gasteiger partial charge on any atom is -0.449 e. The Labute approximate surface area is 165 Å². The van der Waals surface area contributed by atoms with Gasteiger partial charge in [-0.15, -0.1) is 0 Å². The molecule has 0 bridgehead atoms. The van der Waals surface area contributed by atoms with Crippen molar-refractivity contribution in [3.8, 4) is 0 Å². The van der Waals surface area contributed by atoms with Crippen LogP contribution in [-0.4, -0.2) is 42.7 Å². The highest BCUT2D eigenvalue weighted by Crippen LogP contribution is 2.22. The molecule has 0 radical (unpaired) electrons. The van der Waals surface area contributed by atoms with Gasteiger partial charge in [-0.05, 0) is 49.4 Å². The molecule has 1 unspecified atom stereocenters. The number of aromatic amines is 1. The lowest BCUT2D eigenvalue weighted by atomic mass is 10.1. The number of esters is 1. The minimum atomic E-state index is -3.41. The zero-order valence-corrected chi connectivity index (χ0v) is 16.5. The summed E-state index contributed by atoms with van der Waals surface area (Å²) in [6.45, 7) is 1.45. The SMILES string of the molecule is CC(OC(=O)c1n[nH]c2ccc(Cl)cc12)C(=O)c1ccc(NS(C)(=O)=O)cc1. The number of rotatable bonds is 6. The van der Waals surface area contributed by atoms with E-state index in [2.05, 4.69) is 14.9 Å². The first-order chi connectivity index (χ1) is 13.1. The first kappa shape index (κ1) is 19.8. The summed E-state index contributed by atoms with van der Waals surface area (Å²) < 4.78 is 30.0. The predicted octanol–water partition coefficient (Wildman–Crippen LogP) is 3.02. The summed E-state index contributed by atoms with van der Waals surface area (Å²) in [6.07, 6.45) is -0.0355. The third-order valence-corrected chi connectivity index (χ3v) is 4.69. The second-order valence-corrected chi connectivity index (χ2v) is 8.31. The van der Waals surface area contributed by atoms with Crippen LogP contribution in [0, 0.1) is 0 Å². The number of halogens is 1. The van der Waals surface area contributed by atoms with E-state index in [0.717, 1.165) is 6.26 Å². The zero-order valence-electron chi connectivity index (χ0n) is 14.9. The Hall–Kier alpha value is -2.91. The number of carbonyl (C=O) groups is 2. The Morgan fingerprint density at radius 2 is 1.86 bits per heavy atom. The van der Waals surface area contributed by atoms with Gasteiger partial charge >= 0.3 is 5.97 Å². The first-order valence-corrected chi connectivity index (χ1v) is 10.4. The summed E-state index contributed by atoms with van der Waals surface area (Å²) in [6, 6.07) is 10.7. The average Bonchev–Trinajstić information content (AvgIpc) is 3.03. The fourth-order valence-electron chi connectivity index (χ4n) is 2.56. The third-order valence-electron chi connectivity index (χ3n) is 3.84. The van der Waals surface area contributed by atoms with Crippen LogP contribution in [0.1, 0.15) is 27.8 Å². The Balaban J connectivity index is 1.73. The highest BCUT2D eigenvalue weighted by atomic mass is 35.5. The van der Waals surface area contributed by atoms with Gasteiger partial charge in [-0.2, -0.15) is 5.10 Å². The van der Waals surface area contributed by atoms with Crippen molar-refractivity contribution < 1.29 is 22.7 Å². The summed E-state index contributed by atoms with van der Waals surface area (Å²) in [5.41, 5.74) is 1.24. The van der Waals surface area contributed by atoms with Crippen LogP contribution >= 0.6 is 11.6 Å². The van der Waals surface area contributed by atoms with Crippen LogP contribution in [0.2, 0.25) is 5.02 Å². The van der Waals surface area contributed by atoms with Crippen molar-refractivity contribution in [2.45, 2.75) is 13.0 Å². The number of hydrogen-bond donors (Lipinski definition) is 2. The molecule has 2 N–H and O–H groups in total. The maximum absolute atomic E-state index is 12.5. The van der Waals surface area contributed by atoms with Gasteiger partial charge in [0.25, 0.3) is 0 Å². The number of anilines is 1. The van der Waals surface area contributed by atoms with Crippen molar-refractivity contribution >= 4 is 50.0 Å². The van der Waals surface area contributed by atoms with E-state index in [1.54, 1.807) is 18.2 Å². The number of fused-ring (bicyclic) bond motifs is 1. The Kier molecular flexibility index (Phi) is 5.39. The van der Waals surface area contributed by atoms with Crippen LogP contribution in [0.5, 0.6) is 0 Å². The molecule has 3 rings (SSSR count). The van der Waals surface area contributed by atoms with Crippen molar-refractivity contribution in [3.63, 3.8) is 0 Å². The second-order valence-electron chi connectivity index (χ2n) is 6.13. The molecule has 0 aliphatic heterocycles. The van der Waals surface area contributed by atoms with E-state index in [0.29, 0.717) is 21.6 Å². The van der Waals surface area contributed by atoms with Gasteiger partial charge in [0.1, 0.15) is 0 Å². The van der Waals surface area contributed by atoms with E-state index in [1.165, 1.54) is 31.2 Å². The van der Waals surface area contributed by atoms with Crippen molar-refractivity contribution in [3.05, 3.63) is 58.7 Å². The van der Waals surface area contributed by atoms with Crippen LogP contribution in [-0.2, 0) is 14.8 Å². The van der Waals surface area contributed by atoms with Crippen molar-refractivity contribution in [1.29, 1.82) is 0 Å². The van der Waals surface area contributed by atoms with Gasteiger partial charge < -0.3 is 4.74 Å². The van der Waals surface area contributed by atoms with Gasteiger partial charge in [0.15, 0.2) is 11.8 Å². The summed E-state index contributed by atoms with van der Waals surface area (Å²) in [7, 11) is -3.41. The second kappa shape index (κ2) is 7.61. The maximum Gasteiger partial charge on any atom is 0.360 e. The van der Waals surface area contributed by atoms with Gasteiger partial charge in [-0.1, -0.05) is 11.6 Å². The van der Waals surface area contributed by atoms with Crippen molar-refractivity contribution in [2.75, 3.05) is 11.0 Å². The van der Waals surface area contributed by atoms with E-state index >= 15 is 0 Å². The lowest BCUT2D eigenvalue weighted by Crippen LogP contribution is -2.24. The van der Waals surface area contributed by atoms with E-state index in [9.17, 15) is 18.0 Å². The molecule has 1 heterocycles. The molecule has 3 aromatic rings. The number of benzene rings is 2. The van der Waals surface area contributed by atoms with Crippen LogP contribution in [0.3, 0.4) is 0 Å². The van der Waals surface area contributed by atoms with Gasteiger partial charge in [0.2, 0.25) is 15.8 Å². The van der Waals surface area contributed by atoms with E-state index in [4.69, 9.17) is 16.3 Å². The number of nitrogens with zero attached hydrogens (tertiary/aromatic N) is 1. The predicted molar refractivity (Wildman–Crippen MR) is 105 cm³/mol. The number of nitrogens with one attached hydrogen (secondary N) is 2. The number of carbonyl (C=O) groups excluding carboxylic acids is 2. The molecular formula is C18H16ClN3O5S. The molecule has 10 heteroatoms. The molecule has 1 aromatic heterocycles. The fourth-order valence-corrected chi connectivity index (χ4v) is 3.30. The Morgan fingerprint density at radius 3 is 2.50 bits per heavy atom. The molecule has 0 amide bonds. The largest absolute Gasteiger partial charge is 0.449 e. The summed E-state index contributed by atoms with van der Waals surface area (Å²) in [4.78, 5) is 24.9. The number of sulfonamides is 1. The molecule has 0 spiro atoms. The number of H-pyrrole nitrogens is 1. The minimum absolute atomic E-state index is 0.0323. The molecule has 8 nitrogen and oxygen atoms in total. The number of ketones is 1. The monoisotopic (exact) mass is 421 g/mol. The van der Waals surface area contributed by atoms with Gasteiger partial charge in [-0.25, -0.2) is 13.2 Å². The van der Waals surface area contributed by atoms with Crippen LogP contribution in [0.4, 0.5) is 5.69 Å². The number of aromatic nitrogens is 2. The molecular weight excluding hydrogens is 406 g/mol. The van der Waals surface area contributed by atoms with E-state index < -0.39 is 27.9 Å². The first-order valence-electron chi connectivity index (χ1n) is 8.11. The van der Waals surface area contributed by atoms with Gasteiger partial charge in [0.05, 0.1) is 11.8 Å². The Bertz CT molecular complexity index is 1160. The van der Waals surface area contributed by atoms with E-state index in [-0.39, 0.29) is 11.3 Å². The molecule has 0 aliphatic carbocycles. The standard InChI is InChI=1S/C18H16ClN3O5S/c1-10(17(23)11-3-6-13(7-4-11)22-28(2,25)26)27-18(24)16-14-9-12(19)5-8-15(14)20-21-16/h3-10,22H,1-2H3,(H,20,21). The quantitative estimate of drug-likeness (QED) is 0.466. The summed E-state index contributed by atoms with van der Waals surface area (Å²) >= 11 is 5.95. The third kappa shape index (κ3) is 4.49. The Morgan fingerprint density at radius 1 is 1.18 bits per heavy atom. The number of Topliss-reactive ketones (excluding diaryl/α,β-unsaturated/α-hetero) is 1. The smallest absolute Gasteiger partial charge is 0.360 e. The molecule has 0 fully saturated rings. The van der Waals surface area contributed by atoms with Gasteiger partial charge in [-0.3, -0.25) is 14.6 Å². The topological polar surface area (TPSA) is 118 Å². The van der Waals surface area contributed by atoms with Crippen LogP contribution < -0.4 is 4.72 Å². The number of hydrogen-bond acceptors (Lipinski definition) is 6. The zero-order chi connectivity index (χ0) is 20.5.